The summed E-state index contributed by atoms with van der Waals surface area (Å²) >= 11 is 0. The third-order valence-corrected chi connectivity index (χ3v) is 5.41. The number of carbonyl (C=O) groups is 3. The monoisotopic (exact) mass is 392 g/mol. The summed E-state index contributed by atoms with van der Waals surface area (Å²) < 4.78 is 0. The highest BCUT2D eigenvalue weighted by Crippen LogP contribution is 2.33. The number of carbonyl (C=O) groups excluding carboxylic acids is 3. The molecule has 7 heteroatoms. The van der Waals surface area contributed by atoms with Crippen molar-refractivity contribution in [2.75, 3.05) is 43.4 Å². The summed E-state index contributed by atoms with van der Waals surface area (Å²) in [6, 6.07) is 16.8. The van der Waals surface area contributed by atoms with E-state index in [4.69, 9.17) is 0 Å². The lowest BCUT2D eigenvalue weighted by atomic mass is 9.89. The van der Waals surface area contributed by atoms with Crippen molar-refractivity contribution in [3.63, 3.8) is 0 Å². The minimum atomic E-state index is -0.437. The van der Waals surface area contributed by atoms with E-state index in [0.717, 1.165) is 16.9 Å². The van der Waals surface area contributed by atoms with Crippen LogP contribution in [0.4, 0.5) is 11.4 Å². The van der Waals surface area contributed by atoms with Crippen LogP contribution in [0.3, 0.4) is 0 Å². The van der Waals surface area contributed by atoms with E-state index in [1.165, 1.54) is 0 Å². The minimum absolute atomic E-state index is 0.0133. The van der Waals surface area contributed by atoms with Gasteiger partial charge < -0.3 is 15.5 Å². The molecule has 1 saturated heterocycles. The molecule has 3 amide bonds. The normalized spacial score (nSPS) is 19.2. The first kappa shape index (κ1) is 19.1. The molecule has 4 rings (SSSR count). The number of para-hydroxylation sites is 2. The van der Waals surface area contributed by atoms with Crippen molar-refractivity contribution in [3.05, 3.63) is 60.2 Å². The zero-order valence-corrected chi connectivity index (χ0v) is 16.1. The van der Waals surface area contributed by atoms with E-state index in [0.29, 0.717) is 32.7 Å². The Morgan fingerprint density at radius 2 is 1.66 bits per heavy atom. The molecule has 1 fully saturated rings. The van der Waals surface area contributed by atoms with Gasteiger partial charge in [-0.05, 0) is 23.8 Å². The van der Waals surface area contributed by atoms with Gasteiger partial charge in [-0.2, -0.15) is 0 Å². The van der Waals surface area contributed by atoms with Crippen molar-refractivity contribution in [3.8, 4) is 0 Å². The Hall–Kier alpha value is -3.19. The van der Waals surface area contributed by atoms with Crippen LogP contribution in [0.1, 0.15) is 17.9 Å². The van der Waals surface area contributed by atoms with Gasteiger partial charge in [0.05, 0.1) is 12.5 Å². The maximum atomic E-state index is 13.1. The lowest BCUT2D eigenvalue weighted by Crippen LogP contribution is -2.52. The van der Waals surface area contributed by atoms with Gasteiger partial charge >= 0.3 is 0 Å². The molecule has 0 aliphatic carbocycles. The summed E-state index contributed by atoms with van der Waals surface area (Å²) in [5.41, 5.74) is 2.38. The number of piperazine rings is 1. The van der Waals surface area contributed by atoms with E-state index >= 15 is 0 Å². The Labute approximate surface area is 169 Å². The summed E-state index contributed by atoms with van der Waals surface area (Å²) in [5, 5.41) is 5.72. The second-order valence-corrected chi connectivity index (χ2v) is 7.41. The van der Waals surface area contributed by atoms with Crippen LogP contribution in [0.2, 0.25) is 0 Å². The third kappa shape index (κ3) is 4.46. The molecular weight excluding hydrogens is 368 g/mol. The van der Waals surface area contributed by atoms with Crippen LogP contribution in [0.5, 0.6) is 0 Å². The topological polar surface area (TPSA) is 81.8 Å². The zero-order valence-electron chi connectivity index (χ0n) is 16.1. The Morgan fingerprint density at radius 1 is 0.966 bits per heavy atom. The van der Waals surface area contributed by atoms with Crippen LogP contribution < -0.4 is 10.6 Å². The van der Waals surface area contributed by atoms with Crippen LogP contribution in [0.25, 0.3) is 0 Å². The molecule has 29 heavy (non-hydrogen) atoms. The molecule has 2 N–H and O–H groups in total. The largest absolute Gasteiger partial charge is 0.340 e. The maximum Gasteiger partial charge on any atom is 0.238 e. The van der Waals surface area contributed by atoms with Gasteiger partial charge in [-0.15, -0.1) is 0 Å². The van der Waals surface area contributed by atoms with E-state index in [9.17, 15) is 14.4 Å². The number of nitrogens with zero attached hydrogens (tertiary/aromatic N) is 2. The molecule has 0 spiro atoms. The molecule has 2 aromatic carbocycles. The van der Waals surface area contributed by atoms with Gasteiger partial charge in [0, 0.05) is 44.0 Å². The van der Waals surface area contributed by atoms with E-state index in [2.05, 4.69) is 10.6 Å². The summed E-state index contributed by atoms with van der Waals surface area (Å²) in [7, 11) is 0. The van der Waals surface area contributed by atoms with E-state index < -0.39 is 5.92 Å². The SMILES string of the molecule is O=C(CN1CCN(C(=O)C2CC(=O)Nc3ccccc32)CC1)Nc1ccccc1. The fourth-order valence-electron chi connectivity index (χ4n) is 3.90. The van der Waals surface area contributed by atoms with Crippen molar-refractivity contribution in [1.29, 1.82) is 0 Å². The van der Waals surface area contributed by atoms with Gasteiger partial charge in [0.25, 0.3) is 0 Å². The van der Waals surface area contributed by atoms with Crippen LogP contribution in [-0.4, -0.2) is 60.2 Å². The molecule has 1 atom stereocenters. The Balaban J connectivity index is 1.32. The van der Waals surface area contributed by atoms with Gasteiger partial charge in [0.15, 0.2) is 0 Å². The smallest absolute Gasteiger partial charge is 0.238 e. The quantitative estimate of drug-likeness (QED) is 0.833. The average molecular weight is 392 g/mol. The summed E-state index contributed by atoms with van der Waals surface area (Å²) in [4.78, 5) is 41.2. The highest BCUT2D eigenvalue weighted by Gasteiger charge is 2.34. The predicted molar refractivity (Wildman–Crippen MR) is 111 cm³/mol. The van der Waals surface area contributed by atoms with Crippen molar-refractivity contribution < 1.29 is 14.4 Å². The lowest BCUT2D eigenvalue weighted by molar-refractivity contribution is -0.136. The zero-order chi connectivity index (χ0) is 20.2. The summed E-state index contributed by atoms with van der Waals surface area (Å²) in [6.07, 6.45) is 0.176. The van der Waals surface area contributed by atoms with Gasteiger partial charge in [0.1, 0.15) is 0 Å². The van der Waals surface area contributed by atoms with Crippen LogP contribution in [-0.2, 0) is 14.4 Å². The molecule has 2 heterocycles. The van der Waals surface area contributed by atoms with E-state index in [1.54, 1.807) is 0 Å². The molecule has 150 valence electrons. The minimum Gasteiger partial charge on any atom is -0.340 e. The summed E-state index contributed by atoms with van der Waals surface area (Å²) in [5.74, 6) is -0.638. The Kier molecular flexibility index (Phi) is 5.57. The lowest BCUT2D eigenvalue weighted by Gasteiger charge is -2.37. The third-order valence-electron chi connectivity index (χ3n) is 5.41. The molecule has 1 unspecified atom stereocenters. The van der Waals surface area contributed by atoms with Gasteiger partial charge in [-0.3, -0.25) is 19.3 Å². The highest BCUT2D eigenvalue weighted by atomic mass is 16.2. The fourth-order valence-corrected chi connectivity index (χ4v) is 3.90. The van der Waals surface area contributed by atoms with Crippen LogP contribution in [0.15, 0.2) is 54.6 Å². The predicted octanol–water partition coefficient (Wildman–Crippen LogP) is 1.90. The molecule has 2 aliphatic heterocycles. The van der Waals surface area contributed by atoms with Crippen LogP contribution in [0, 0.1) is 0 Å². The number of anilines is 2. The van der Waals surface area contributed by atoms with Crippen molar-refractivity contribution in [2.45, 2.75) is 12.3 Å². The second kappa shape index (κ2) is 8.45. The molecule has 2 aromatic rings. The van der Waals surface area contributed by atoms with Crippen molar-refractivity contribution >= 4 is 29.1 Å². The summed E-state index contributed by atoms with van der Waals surface area (Å²) in [6.45, 7) is 2.67. The van der Waals surface area contributed by atoms with Crippen molar-refractivity contribution in [1.82, 2.24) is 9.80 Å². The number of benzene rings is 2. The van der Waals surface area contributed by atoms with Crippen LogP contribution >= 0.6 is 0 Å². The number of amides is 3. The first-order valence-corrected chi connectivity index (χ1v) is 9.85. The molecule has 2 aliphatic rings. The molecule has 0 saturated carbocycles. The van der Waals surface area contributed by atoms with Gasteiger partial charge in [-0.1, -0.05) is 36.4 Å². The van der Waals surface area contributed by atoms with Crippen molar-refractivity contribution in [2.24, 2.45) is 0 Å². The van der Waals surface area contributed by atoms with E-state index in [-0.39, 0.29) is 24.1 Å². The molecular formula is C22H24N4O3. The standard InChI is InChI=1S/C22H24N4O3/c27-20-14-18(17-8-4-5-9-19(17)24-20)22(29)26-12-10-25(11-13-26)15-21(28)23-16-6-2-1-3-7-16/h1-9,18H,10-15H2,(H,23,28)(H,24,27). The average Bonchev–Trinajstić information content (AvgIpc) is 2.74. The van der Waals surface area contributed by atoms with Gasteiger partial charge in [0.2, 0.25) is 17.7 Å². The molecule has 7 nitrogen and oxygen atoms in total. The number of fused-ring (bicyclic) bond motifs is 1. The first-order valence-electron chi connectivity index (χ1n) is 9.85. The number of nitrogens with one attached hydrogen (secondary N) is 2. The molecule has 0 aromatic heterocycles. The van der Waals surface area contributed by atoms with Gasteiger partial charge in [-0.25, -0.2) is 0 Å². The Bertz CT molecular complexity index is 907. The fraction of sp³-hybridized carbons (Fsp3) is 0.318. The first-order chi connectivity index (χ1) is 14.1. The van der Waals surface area contributed by atoms with E-state index in [1.807, 2.05) is 64.4 Å². The highest BCUT2D eigenvalue weighted by molar-refractivity contribution is 6.01. The maximum absolute atomic E-state index is 13.1. The number of hydrogen-bond donors (Lipinski definition) is 2. The number of hydrogen-bond acceptors (Lipinski definition) is 4. The number of rotatable bonds is 4. The molecule has 0 bridgehead atoms. The molecule has 0 radical (unpaired) electrons. The Morgan fingerprint density at radius 3 is 2.41 bits per heavy atom. The second-order valence-electron chi connectivity index (χ2n) is 7.41.